The smallest absolute Gasteiger partial charge is 0.302 e. The first-order chi connectivity index (χ1) is 15.8. The first-order valence-corrected chi connectivity index (χ1v) is 14.7. The summed E-state index contributed by atoms with van der Waals surface area (Å²) in [5, 5.41) is 0. The van der Waals surface area contributed by atoms with Crippen molar-refractivity contribution < 1.29 is 9.53 Å². The average molecular weight is 471 g/mol. The van der Waals surface area contributed by atoms with Crippen LogP contribution in [0.4, 0.5) is 0 Å². The van der Waals surface area contributed by atoms with Crippen molar-refractivity contribution in [1.29, 1.82) is 0 Å². The molecule has 2 nitrogen and oxygen atoms in total. The quantitative estimate of drug-likeness (QED) is 0.286. The Morgan fingerprint density at radius 2 is 1.62 bits per heavy atom. The molecule has 0 heterocycles. The Hall–Kier alpha value is -0.790. The van der Waals surface area contributed by atoms with Crippen LogP contribution < -0.4 is 0 Å². The molecule has 2 saturated carbocycles. The van der Waals surface area contributed by atoms with Gasteiger partial charge in [-0.2, -0.15) is 0 Å². The SMILES string of the molecule is CC(=O)O[C@H]1CC[C@]2(C)C3=C(CC[C@@H]2C1(C)C)[C@]1(C)CC[C@H]([C@@H](C)CCCC(C)C)[C@@]1(C)CC3. The standard InChI is InChI=1S/C32H54O2/c1-21(2)11-10-12-22(3)24-15-19-32(9)26-13-14-27-29(5,6)28(34-23(4)33)17-18-30(27,7)25(26)16-20-31(24,32)8/h21-22,24,27-28H,10-20H2,1-9H3/t22-,24+,27+,28-,30+,31+,32-/m0/s1. The molecule has 4 rings (SSSR count). The highest BCUT2D eigenvalue weighted by Gasteiger charge is 2.63. The van der Waals surface area contributed by atoms with Crippen molar-refractivity contribution in [3.8, 4) is 0 Å². The number of fused-ring (bicyclic) bond motifs is 4. The van der Waals surface area contributed by atoms with Crippen molar-refractivity contribution >= 4 is 5.97 Å². The summed E-state index contributed by atoms with van der Waals surface area (Å²) in [7, 11) is 0. The molecular weight excluding hydrogens is 416 g/mol. The van der Waals surface area contributed by atoms with Gasteiger partial charge in [0, 0.05) is 12.3 Å². The fourth-order valence-corrected chi connectivity index (χ4v) is 10.1. The van der Waals surface area contributed by atoms with E-state index in [1.165, 1.54) is 64.2 Å². The number of carbonyl (C=O) groups excluding carboxylic acids is 1. The first-order valence-electron chi connectivity index (χ1n) is 14.7. The summed E-state index contributed by atoms with van der Waals surface area (Å²) in [6, 6.07) is 0. The molecule has 2 heteroatoms. The molecule has 7 atom stereocenters. The second kappa shape index (κ2) is 8.95. The van der Waals surface area contributed by atoms with E-state index in [9.17, 15) is 4.79 Å². The molecule has 0 aliphatic heterocycles. The Balaban J connectivity index is 1.61. The summed E-state index contributed by atoms with van der Waals surface area (Å²) in [6.07, 6.45) is 14.5. The predicted molar refractivity (Wildman–Crippen MR) is 142 cm³/mol. The van der Waals surface area contributed by atoms with Crippen LogP contribution in [0, 0.1) is 45.3 Å². The molecule has 0 aromatic heterocycles. The van der Waals surface area contributed by atoms with Crippen molar-refractivity contribution in [2.75, 3.05) is 0 Å². The Labute approximate surface area is 211 Å². The molecule has 0 radical (unpaired) electrons. The van der Waals surface area contributed by atoms with Crippen LogP contribution in [0.1, 0.15) is 133 Å². The van der Waals surface area contributed by atoms with Crippen LogP contribution in [-0.4, -0.2) is 12.1 Å². The summed E-state index contributed by atoms with van der Waals surface area (Å²) in [5.41, 5.74) is 4.87. The van der Waals surface area contributed by atoms with Crippen LogP contribution in [0.25, 0.3) is 0 Å². The van der Waals surface area contributed by atoms with E-state index in [1.807, 2.05) is 11.1 Å². The molecule has 34 heavy (non-hydrogen) atoms. The van der Waals surface area contributed by atoms with Gasteiger partial charge in [-0.3, -0.25) is 4.79 Å². The zero-order valence-electron chi connectivity index (χ0n) is 24.0. The Kier molecular flexibility index (Phi) is 6.92. The minimum Gasteiger partial charge on any atom is -0.462 e. The highest BCUT2D eigenvalue weighted by atomic mass is 16.5. The van der Waals surface area contributed by atoms with Crippen LogP contribution in [0.2, 0.25) is 0 Å². The summed E-state index contributed by atoms with van der Waals surface area (Å²) in [5.74, 6) is 3.04. The van der Waals surface area contributed by atoms with Gasteiger partial charge in [-0.15, -0.1) is 0 Å². The number of ether oxygens (including phenoxy) is 1. The second-order valence-electron chi connectivity index (χ2n) is 14.6. The van der Waals surface area contributed by atoms with Gasteiger partial charge in [-0.05, 0) is 91.3 Å². The third kappa shape index (κ3) is 3.92. The van der Waals surface area contributed by atoms with E-state index in [4.69, 9.17) is 4.74 Å². The number of hydrogen-bond donors (Lipinski definition) is 0. The Morgan fingerprint density at radius 1 is 0.912 bits per heavy atom. The van der Waals surface area contributed by atoms with E-state index in [0.29, 0.717) is 16.7 Å². The van der Waals surface area contributed by atoms with Gasteiger partial charge in [0.15, 0.2) is 0 Å². The van der Waals surface area contributed by atoms with Crippen LogP contribution in [-0.2, 0) is 9.53 Å². The maximum atomic E-state index is 11.8. The minimum atomic E-state index is -0.113. The topological polar surface area (TPSA) is 26.3 Å². The van der Waals surface area contributed by atoms with Gasteiger partial charge in [-0.1, -0.05) is 85.8 Å². The lowest BCUT2D eigenvalue weighted by molar-refractivity contribution is -0.167. The van der Waals surface area contributed by atoms with Gasteiger partial charge in [-0.25, -0.2) is 0 Å². The lowest BCUT2D eigenvalue weighted by Gasteiger charge is -2.62. The third-order valence-corrected chi connectivity index (χ3v) is 12.2. The average Bonchev–Trinajstić information content (AvgIpc) is 3.01. The highest BCUT2D eigenvalue weighted by Crippen LogP contribution is 2.72. The molecule has 0 aromatic rings. The minimum absolute atomic E-state index is 0.0436. The summed E-state index contributed by atoms with van der Waals surface area (Å²) in [4.78, 5) is 11.8. The number of allylic oxidation sites excluding steroid dienone is 2. The zero-order valence-corrected chi connectivity index (χ0v) is 24.0. The van der Waals surface area contributed by atoms with E-state index >= 15 is 0 Å². The van der Waals surface area contributed by atoms with E-state index < -0.39 is 0 Å². The molecule has 0 aromatic carbocycles. The molecule has 4 aliphatic rings. The molecule has 0 N–H and O–H groups in total. The van der Waals surface area contributed by atoms with Crippen LogP contribution >= 0.6 is 0 Å². The number of carbonyl (C=O) groups is 1. The molecule has 0 unspecified atom stereocenters. The second-order valence-corrected chi connectivity index (χ2v) is 14.6. The molecule has 0 bridgehead atoms. The van der Waals surface area contributed by atoms with E-state index in [-0.39, 0.29) is 22.9 Å². The van der Waals surface area contributed by atoms with Gasteiger partial charge in [0.1, 0.15) is 6.10 Å². The molecule has 0 amide bonds. The maximum absolute atomic E-state index is 11.8. The molecular formula is C32H54O2. The molecule has 0 spiro atoms. The first kappa shape index (κ1) is 26.3. The van der Waals surface area contributed by atoms with Crippen molar-refractivity contribution in [1.82, 2.24) is 0 Å². The monoisotopic (exact) mass is 470 g/mol. The van der Waals surface area contributed by atoms with Crippen molar-refractivity contribution in [2.45, 2.75) is 139 Å². The lowest BCUT2D eigenvalue weighted by atomic mass is 9.43. The lowest BCUT2D eigenvalue weighted by Crippen LogP contribution is -2.55. The number of esters is 1. The Bertz CT molecular complexity index is 821. The highest BCUT2D eigenvalue weighted by molar-refractivity contribution is 5.66. The van der Waals surface area contributed by atoms with Gasteiger partial charge >= 0.3 is 5.97 Å². The number of hydrogen-bond acceptors (Lipinski definition) is 2. The van der Waals surface area contributed by atoms with Crippen molar-refractivity contribution in [3.63, 3.8) is 0 Å². The molecule has 2 fully saturated rings. The molecule has 194 valence electrons. The summed E-state index contributed by atoms with van der Waals surface area (Å²) >= 11 is 0. The van der Waals surface area contributed by atoms with Gasteiger partial charge in [0.05, 0.1) is 0 Å². The fourth-order valence-electron chi connectivity index (χ4n) is 10.1. The normalized spacial score (nSPS) is 42.1. The van der Waals surface area contributed by atoms with E-state index in [1.54, 1.807) is 6.92 Å². The number of rotatable bonds is 6. The van der Waals surface area contributed by atoms with Crippen LogP contribution in [0.15, 0.2) is 11.1 Å². The Morgan fingerprint density at radius 3 is 2.26 bits per heavy atom. The third-order valence-electron chi connectivity index (χ3n) is 12.2. The summed E-state index contributed by atoms with van der Waals surface area (Å²) < 4.78 is 5.87. The van der Waals surface area contributed by atoms with Gasteiger partial charge in [0.25, 0.3) is 0 Å². The summed E-state index contributed by atoms with van der Waals surface area (Å²) in [6.45, 7) is 21.6. The zero-order chi connectivity index (χ0) is 25.1. The fraction of sp³-hybridized carbons (Fsp3) is 0.906. The van der Waals surface area contributed by atoms with Crippen molar-refractivity contribution in [2.24, 2.45) is 45.3 Å². The largest absolute Gasteiger partial charge is 0.462 e. The van der Waals surface area contributed by atoms with Crippen LogP contribution in [0.5, 0.6) is 0 Å². The molecule has 4 aliphatic carbocycles. The maximum Gasteiger partial charge on any atom is 0.302 e. The van der Waals surface area contributed by atoms with Crippen LogP contribution in [0.3, 0.4) is 0 Å². The van der Waals surface area contributed by atoms with E-state index in [0.717, 1.165) is 24.2 Å². The van der Waals surface area contributed by atoms with E-state index in [2.05, 4.69) is 55.4 Å². The molecule has 0 saturated heterocycles. The van der Waals surface area contributed by atoms with Gasteiger partial charge < -0.3 is 4.74 Å². The van der Waals surface area contributed by atoms with Crippen molar-refractivity contribution in [3.05, 3.63) is 11.1 Å². The van der Waals surface area contributed by atoms with Gasteiger partial charge in [0.2, 0.25) is 0 Å². The predicted octanol–water partition coefficient (Wildman–Crippen LogP) is 9.13.